The average Bonchev–Trinajstić information content (AvgIpc) is 1.72. The fourth-order valence-electron chi connectivity index (χ4n) is 0.245. The lowest BCUT2D eigenvalue weighted by molar-refractivity contribution is 0.284. The summed E-state index contributed by atoms with van der Waals surface area (Å²) in [4.78, 5) is 0. The van der Waals surface area contributed by atoms with Gasteiger partial charge in [0.1, 0.15) is 0 Å². The first-order valence-corrected chi connectivity index (χ1v) is 4.40. The van der Waals surface area contributed by atoms with E-state index < -0.39 is 9.28 Å². The van der Waals surface area contributed by atoms with E-state index in [2.05, 4.69) is 12.6 Å². The zero-order valence-corrected chi connectivity index (χ0v) is 6.60. The zero-order valence-electron chi connectivity index (χ0n) is 4.55. The van der Waals surface area contributed by atoms with Crippen molar-refractivity contribution in [2.45, 2.75) is 0 Å². The standard InChI is InChI=1S/C3H10O2SSi/c1-4-7(3-6)5-2/h6-7H,3H2,1-2H3. The minimum Gasteiger partial charge on any atom is -0.399 e. The Morgan fingerprint density at radius 1 is 1.43 bits per heavy atom. The van der Waals surface area contributed by atoms with Crippen molar-refractivity contribution >= 4 is 21.9 Å². The molecule has 2 nitrogen and oxygen atoms in total. The van der Waals surface area contributed by atoms with Gasteiger partial charge in [0.2, 0.25) is 0 Å². The van der Waals surface area contributed by atoms with E-state index in [9.17, 15) is 0 Å². The predicted molar refractivity (Wildman–Crippen MR) is 35.0 cm³/mol. The van der Waals surface area contributed by atoms with Crippen molar-refractivity contribution < 1.29 is 8.85 Å². The molecule has 44 valence electrons. The molecule has 7 heavy (non-hydrogen) atoms. The highest BCUT2D eigenvalue weighted by Crippen LogP contribution is 1.85. The van der Waals surface area contributed by atoms with Gasteiger partial charge in [-0.05, 0) is 0 Å². The van der Waals surface area contributed by atoms with E-state index >= 15 is 0 Å². The first-order valence-electron chi connectivity index (χ1n) is 2.01. The molecule has 0 amide bonds. The summed E-state index contributed by atoms with van der Waals surface area (Å²) in [5, 5.41) is 0.743. The number of hydrogen-bond donors (Lipinski definition) is 1. The van der Waals surface area contributed by atoms with Crippen LogP contribution in [-0.2, 0) is 8.85 Å². The van der Waals surface area contributed by atoms with E-state index in [-0.39, 0.29) is 0 Å². The summed E-state index contributed by atoms with van der Waals surface area (Å²) in [7, 11) is 1.99. The average molecular weight is 138 g/mol. The Kier molecular flexibility index (Phi) is 4.96. The third-order valence-corrected chi connectivity index (χ3v) is 2.92. The molecule has 0 aliphatic carbocycles. The molecule has 0 spiro atoms. The highest BCUT2D eigenvalue weighted by molar-refractivity contribution is 7.81. The Balaban J connectivity index is 2.99. The Labute approximate surface area is 51.1 Å². The molecule has 0 atom stereocenters. The lowest BCUT2D eigenvalue weighted by atomic mass is 11.8. The molecule has 0 saturated carbocycles. The molecular formula is C3H10O2SSi. The van der Waals surface area contributed by atoms with E-state index in [1.807, 2.05) is 0 Å². The SMILES string of the molecule is CO[SiH](CS)OC. The Morgan fingerprint density at radius 3 is 1.86 bits per heavy atom. The molecule has 0 aromatic rings. The molecule has 0 heterocycles. The van der Waals surface area contributed by atoms with Crippen LogP contribution in [0.1, 0.15) is 0 Å². The molecule has 0 aromatic carbocycles. The van der Waals surface area contributed by atoms with Gasteiger partial charge in [0.25, 0.3) is 0 Å². The molecule has 4 heteroatoms. The molecule has 0 bridgehead atoms. The molecule has 0 N–H and O–H groups in total. The van der Waals surface area contributed by atoms with Gasteiger partial charge in [-0.3, -0.25) is 0 Å². The van der Waals surface area contributed by atoms with Crippen LogP contribution in [0.25, 0.3) is 0 Å². The smallest absolute Gasteiger partial charge is 0.330 e. The van der Waals surface area contributed by atoms with Crippen LogP contribution in [0.2, 0.25) is 0 Å². The molecular weight excluding hydrogens is 128 g/mol. The Bertz CT molecular complexity index is 34.4. The van der Waals surface area contributed by atoms with Crippen molar-refractivity contribution in [1.29, 1.82) is 0 Å². The van der Waals surface area contributed by atoms with Gasteiger partial charge >= 0.3 is 9.28 Å². The maximum absolute atomic E-state index is 4.89. The van der Waals surface area contributed by atoms with Crippen LogP contribution < -0.4 is 0 Å². The van der Waals surface area contributed by atoms with Crippen LogP contribution in [0.15, 0.2) is 0 Å². The van der Waals surface area contributed by atoms with Gasteiger partial charge < -0.3 is 8.85 Å². The summed E-state index contributed by atoms with van der Waals surface area (Å²) in [6.45, 7) is 0. The topological polar surface area (TPSA) is 18.5 Å². The molecule has 0 aliphatic rings. The van der Waals surface area contributed by atoms with Gasteiger partial charge in [-0.25, -0.2) is 0 Å². The molecule has 0 unspecified atom stereocenters. The lowest BCUT2D eigenvalue weighted by Gasteiger charge is -2.04. The molecule has 0 saturated heterocycles. The van der Waals surface area contributed by atoms with Crippen molar-refractivity contribution in [2.75, 3.05) is 19.6 Å². The number of rotatable bonds is 3. The summed E-state index contributed by atoms with van der Waals surface area (Å²) in [6, 6.07) is 0. The van der Waals surface area contributed by atoms with E-state index in [1.54, 1.807) is 14.2 Å². The first kappa shape index (κ1) is 7.49. The lowest BCUT2D eigenvalue weighted by Crippen LogP contribution is -2.21. The van der Waals surface area contributed by atoms with Crippen LogP contribution in [0, 0.1) is 0 Å². The van der Waals surface area contributed by atoms with Crippen LogP contribution in [0.4, 0.5) is 0 Å². The third kappa shape index (κ3) is 3.10. The van der Waals surface area contributed by atoms with Gasteiger partial charge in [-0.15, -0.1) is 0 Å². The van der Waals surface area contributed by atoms with Crippen molar-refractivity contribution in [1.82, 2.24) is 0 Å². The molecule has 0 radical (unpaired) electrons. The molecule has 0 aliphatic heterocycles. The van der Waals surface area contributed by atoms with E-state index in [4.69, 9.17) is 8.85 Å². The highest BCUT2D eigenvalue weighted by atomic mass is 32.1. The van der Waals surface area contributed by atoms with Gasteiger partial charge in [0, 0.05) is 19.6 Å². The molecule has 0 aromatic heterocycles. The highest BCUT2D eigenvalue weighted by Gasteiger charge is 2.02. The zero-order chi connectivity index (χ0) is 5.70. The van der Waals surface area contributed by atoms with Crippen LogP contribution in [-0.4, -0.2) is 28.9 Å². The van der Waals surface area contributed by atoms with Gasteiger partial charge in [-0.2, -0.15) is 12.6 Å². The number of thiol groups is 1. The normalized spacial score (nSPS) is 10.3. The van der Waals surface area contributed by atoms with Gasteiger partial charge in [-0.1, -0.05) is 0 Å². The van der Waals surface area contributed by atoms with Crippen molar-refractivity contribution in [3.63, 3.8) is 0 Å². The molecule has 0 rings (SSSR count). The Morgan fingerprint density at radius 2 is 1.86 bits per heavy atom. The fraction of sp³-hybridized carbons (Fsp3) is 1.00. The predicted octanol–water partition coefficient (Wildman–Crippen LogP) is -0.0313. The van der Waals surface area contributed by atoms with Gasteiger partial charge in [0.05, 0.1) is 0 Å². The maximum Gasteiger partial charge on any atom is 0.330 e. The minimum atomic E-state index is -1.31. The monoisotopic (exact) mass is 138 g/mol. The summed E-state index contributed by atoms with van der Waals surface area (Å²) < 4.78 is 9.78. The first-order chi connectivity index (χ1) is 3.35. The maximum atomic E-state index is 4.89. The minimum absolute atomic E-state index is 0.743. The van der Waals surface area contributed by atoms with Gasteiger partial charge in [0.15, 0.2) is 0 Å². The summed E-state index contributed by atoms with van der Waals surface area (Å²) in [5.74, 6) is 0. The summed E-state index contributed by atoms with van der Waals surface area (Å²) >= 11 is 3.99. The van der Waals surface area contributed by atoms with Crippen molar-refractivity contribution in [3.8, 4) is 0 Å². The quantitative estimate of drug-likeness (QED) is 0.436. The molecule has 0 fully saturated rings. The summed E-state index contributed by atoms with van der Waals surface area (Å²) in [5.41, 5.74) is 0. The second kappa shape index (κ2) is 4.64. The van der Waals surface area contributed by atoms with Crippen LogP contribution in [0.5, 0.6) is 0 Å². The second-order valence-corrected chi connectivity index (χ2v) is 4.35. The van der Waals surface area contributed by atoms with Crippen LogP contribution >= 0.6 is 12.6 Å². The second-order valence-electron chi connectivity index (χ2n) is 1.08. The third-order valence-electron chi connectivity index (χ3n) is 0.675. The van der Waals surface area contributed by atoms with E-state index in [0.29, 0.717) is 0 Å². The van der Waals surface area contributed by atoms with E-state index in [0.717, 1.165) is 5.38 Å². The largest absolute Gasteiger partial charge is 0.399 e. The van der Waals surface area contributed by atoms with Crippen molar-refractivity contribution in [2.24, 2.45) is 0 Å². The van der Waals surface area contributed by atoms with E-state index in [1.165, 1.54) is 0 Å². The summed E-state index contributed by atoms with van der Waals surface area (Å²) in [6.07, 6.45) is 0. The van der Waals surface area contributed by atoms with Crippen LogP contribution in [0.3, 0.4) is 0 Å². The number of hydrogen-bond acceptors (Lipinski definition) is 3. The fourth-order valence-corrected chi connectivity index (χ4v) is 1.63. The Hall–Kier alpha value is 0.487. The van der Waals surface area contributed by atoms with Crippen molar-refractivity contribution in [3.05, 3.63) is 0 Å².